The number of aromatic nitrogens is 3. The minimum atomic E-state index is -4.05. The van der Waals surface area contributed by atoms with Crippen molar-refractivity contribution >= 4 is 50.1 Å². The minimum Gasteiger partial charge on any atom is -0.480 e. The molecule has 1 atom stereocenters. The number of anilines is 1. The molecule has 0 amide bonds. The van der Waals surface area contributed by atoms with Gasteiger partial charge in [0.15, 0.2) is 17.5 Å². The number of nitrogens with one attached hydrogen (secondary N) is 2. The molecule has 0 aliphatic heterocycles. The summed E-state index contributed by atoms with van der Waals surface area (Å²) in [6.45, 7) is 0. The molecule has 0 saturated heterocycles. The summed E-state index contributed by atoms with van der Waals surface area (Å²) in [5, 5.41) is 15.3. The number of carbonyl (C=O) groups is 4. The Morgan fingerprint density at radius 1 is 1.05 bits per heavy atom. The number of carbonyl (C=O) groups excluding carboxylic acids is 3. The zero-order chi connectivity index (χ0) is 28.6. The normalized spacial score (nSPS) is 12.2. The molecule has 0 radical (unpaired) electrons. The van der Waals surface area contributed by atoms with E-state index in [0.717, 1.165) is 12.1 Å². The minimum absolute atomic E-state index is 0.0826. The van der Waals surface area contributed by atoms with Crippen molar-refractivity contribution in [2.75, 3.05) is 11.0 Å². The first-order valence-corrected chi connectivity index (χ1v) is 12.7. The summed E-state index contributed by atoms with van der Waals surface area (Å²) in [5.74, 6) is -7.62. The largest absolute Gasteiger partial charge is 0.480 e. The molecule has 0 aliphatic rings. The van der Waals surface area contributed by atoms with Crippen LogP contribution in [0.5, 0.6) is 0 Å². The fourth-order valence-corrected chi connectivity index (χ4v) is 4.14. The van der Waals surface area contributed by atoms with Gasteiger partial charge >= 0.3 is 5.97 Å². The summed E-state index contributed by atoms with van der Waals surface area (Å²) in [4.78, 5) is 52.3. The predicted molar refractivity (Wildman–Crippen MR) is 133 cm³/mol. The molecule has 0 bridgehead atoms. The molecule has 5 N–H and O–H groups in total. The van der Waals surface area contributed by atoms with E-state index in [1.807, 2.05) is 0 Å². The van der Waals surface area contributed by atoms with E-state index < -0.39 is 62.3 Å². The van der Waals surface area contributed by atoms with Gasteiger partial charge in [0.2, 0.25) is 27.4 Å². The number of hydrogen-bond donors (Lipinski definition) is 4. The van der Waals surface area contributed by atoms with Crippen LogP contribution < -0.4 is 10.5 Å². The molecule has 2 aromatic heterocycles. The molecule has 0 saturated carbocycles. The van der Waals surface area contributed by atoms with E-state index in [0.29, 0.717) is 17.4 Å². The van der Waals surface area contributed by atoms with Crippen molar-refractivity contribution < 1.29 is 41.5 Å². The van der Waals surface area contributed by atoms with Crippen molar-refractivity contribution in [1.82, 2.24) is 15.2 Å². The Morgan fingerprint density at radius 2 is 1.72 bits per heavy atom. The number of carboxylic acid groups (broad SMARTS) is 1. The lowest BCUT2D eigenvalue weighted by atomic mass is 9.98. The molecule has 0 fully saturated rings. The van der Waals surface area contributed by atoms with Crippen LogP contribution in [0.25, 0.3) is 22.2 Å². The summed E-state index contributed by atoms with van der Waals surface area (Å²) in [6, 6.07) is 6.53. The van der Waals surface area contributed by atoms with Gasteiger partial charge in [-0.1, -0.05) is 24.3 Å². The number of aromatic amines is 1. The van der Waals surface area contributed by atoms with Gasteiger partial charge in [-0.3, -0.25) is 29.0 Å². The molecule has 2 heterocycles. The van der Waals surface area contributed by atoms with Crippen molar-refractivity contribution in [1.29, 1.82) is 0 Å². The number of sulfonamides is 1. The number of pyridine rings is 1. The zero-order valence-electron chi connectivity index (χ0n) is 19.7. The maximum absolute atomic E-state index is 15.0. The second kappa shape index (κ2) is 10.1. The summed E-state index contributed by atoms with van der Waals surface area (Å²) >= 11 is 0. The molecule has 39 heavy (non-hydrogen) atoms. The second-order valence-electron chi connectivity index (χ2n) is 8.27. The Hall–Kier alpha value is -4.89. The van der Waals surface area contributed by atoms with E-state index in [9.17, 15) is 36.4 Å². The van der Waals surface area contributed by atoms with Crippen molar-refractivity contribution in [3.8, 4) is 11.1 Å². The lowest BCUT2D eigenvalue weighted by molar-refractivity contribution is -0.141. The molecule has 15 heteroatoms. The molecule has 12 nitrogen and oxygen atoms in total. The maximum atomic E-state index is 15.0. The van der Waals surface area contributed by atoms with Gasteiger partial charge in [0.25, 0.3) is 0 Å². The van der Waals surface area contributed by atoms with Gasteiger partial charge in [-0.2, -0.15) is 5.10 Å². The Bertz CT molecular complexity index is 1790. The first-order valence-electron chi connectivity index (χ1n) is 10.8. The molecule has 2 aromatic carbocycles. The molecule has 4 aromatic rings. The average molecular weight is 557 g/mol. The van der Waals surface area contributed by atoms with Crippen LogP contribution in [0.15, 0.2) is 48.7 Å². The van der Waals surface area contributed by atoms with Crippen LogP contribution in [0.4, 0.5) is 14.5 Å². The fourth-order valence-electron chi connectivity index (χ4n) is 3.58. The van der Waals surface area contributed by atoms with Gasteiger partial charge in [0.05, 0.1) is 17.2 Å². The molecular weight excluding hydrogens is 540 g/mol. The Balaban J connectivity index is 1.68. The molecule has 0 spiro atoms. The van der Waals surface area contributed by atoms with E-state index in [2.05, 4.69) is 15.2 Å². The fraction of sp³-hybridized carbons (Fsp3) is 0.0833. The van der Waals surface area contributed by atoms with Gasteiger partial charge in [0, 0.05) is 17.3 Å². The third-order valence-corrected chi connectivity index (χ3v) is 6.09. The third-order valence-electron chi connectivity index (χ3n) is 5.51. The maximum Gasteiger partial charge on any atom is 0.328 e. The second-order valence-corrected chi connectivity index (χ2v) is 10.0. The van der Waals surface area contributed by atoms with Gasteiger partial charge in [-0.05, 0) is 23.8 Å². The molecule has 4 rings (SSSR count). The average Bonchev–Trinajstić information content (AvgIpc) is 3.32. The van der Waals surface area contributed by atoms with Crippen LogP contribution >= 0.6 is 0 Å². The number of Topliss-reactive ketones (excluding diaryl/α,β-unsaturated/α-hetero) is 2. The Morgan fingerprint density at radius 3 is 2.33 bits per heavy atom. The number of rotatable bonds is 9. The number of fused-ring (bicyclic) bond motifs is 1. The van der Waals surface area contributed by atoms with E-state index in [-0.39, 0.29) is 22.3 Å². The third kappa shape index (κ3) is 5.39. The van der Waals surface area contributed by atoms with E-state index >= 15 is 0 Å². The number of hydrogen-bond acceptors (Lipinski definition) is 9. The standard InChI is InChI=1S/C24H17F2N5O7S/c1-39(37,38)31-19-15(25)7-6-13(16(19)26)21(33)18-14-8-12(9-28-23(14)30-29-18)10-2-4-11(5-3-10)20(32)22(34)17(27)24(35)36/h2-9,17,31H,27H2,1H3,(H,35,36)(H,28,29,30)/t17-/m0/s1. The lowest BCUT2D eigenvalue weighted by Crippen LogP contribution is -2.42. The Labute approximate surface area is 217 Å². The first-order chi connectivity index (χ1) is 18.3. The zero-order valence-corrected chi connectivity index (χ0v) is 20.5. The smallest absolute Gasteiger partial charge is 0.328 e. The number of nitrogens with two attached hydrogens (primary N) is 1. The van der Waals surface area contributed by atoms with E-state index in [4.69, 9.17) is 10.8 Å². The first kappa shape index (κ1) is 27.2. The van der Waals surface area contributed by atoms with E-state index in [1.54, 1.807) is 4.72 Å². The van der Waals surface area contributed by atoms with E-state index in [1.165, 1.54) is 36.5 Å². The Kier molecular flexibility index (Phi) is 7.04. The number of benzene rings is 2. The lowest BCUT2D eigenvalue weighted by Gasteiger charge is -2.10. The topological polar surface area (TPSA) is 202 Å². The number of carboxylic acids is 1. The highest BCUT2D eigenvalue weighted by Crippen LogP contribution is 2.28. The van der Waals surface area contributed by atoms with Crippen LogP contribution in [-0.4, -0.2) is 64.3 Å². The highest BCUT2D eigenvalue weighted by atomic mass is 32.2. The summed E-state index contributed by atoms with van der Waals surface area (Å²) in [6.07, 6.45) is 2.09. The van der Waals surface area contributed by atoms with Crippen LogP contribution in [0.2, 0.25) is 0 Å². The molecule has 0 aliphatic carbocycles. The van der Waals surface area contributed by atoms with Crippen LogP contribution in [0.3, 0.4) is 0 Å². The number of aliphatic carboxylic acids is 1. The van der Waals surface area contributed by atoms with Crippen molar-refractivity contribution in [2.24, 2.45) is 5.73 Å². The number of H-pyrrole nitrogens is 1. The number of halogens is 2. The monoisotopic (exact) mass is 557 g/mol. The number of nitrogens with zero attached hydrogens (tertiary/aromatic N) is 2. The SMILES string of the molecule is CS(=O)(=O)Nc1c(F)ccc(C(=O)c2[nH]nc3ncc(-c4ccc(C(=O)C(=O)[C@H](N)C(=O)O)cc4)cc23)c1F. The molecule has 200 valence electrons. The quantitative estimate of drug-likeness (QED) is 0.133. The van der Waals surface area contributed by atoms with Crippen molar-refractivity contribution in [3.05, 3.63) is 77.1 Å². The van der Waals surface area contributed by atoms with Crippen molar-refractivity contribution in [2.45, 2.75) is 6.04 Å². The summed E-state index contributed by atoms with van der Waals surface area (Å²) in [5.41, 5.74) is 4.23. The highest BCUT2D eigenvalue weighted by molar-refractivity contribution is 7.92. The van der Waals surface area contributed by atoms with Gasteiger partial charge in [-0.25, -0.2) is 22.2 Å². The summed E-state index contributed by atoms with van der Waals surface area (Å²) in [7, 11) is -4.05. The highest BCUT2D eigenvalue weighted by Gasteiger charge is 2.29. The molecular formula is C24H17F2N5O7S. The predicted octanol–water partition coefficient (Wildman–Crippen LogP) is 1.67. The van der Waals surface area contributed by atoms with Crippen LogP contribution in [0, 0.1) is 11.6 Å². The number of ketones is 3. The van der Waals surface area contributed by atoms with Gasteiger partial charge in [0.1, 0.15) is 17.2 Å². The van der Waals surface area contributed by atoms with Gasteiger partial charge < -0.3 is 10.8 Å². The van der Waals surface area contributed by atoms with Crippen LogP contribution in [-0.2, 0) is 19.6 Å². The molecule has 0 unspecified atom stereocenters. The van der Waals surface area contributed by atoms with Gasteiger partial charge in [-0.15, -0.1) is 0 Å². The van der Waals surface area contributed by atoms with Crippen LogP contribution in [0.1, 0.15) is 26.4 Å². The van der Waals surface area contributed by atoms with Crippen molar-refractivity contribution in [3.63, 3.8) is 0 Å². The summed E-state index contributed by atoms with van der Waals surface area (Å²) < 4.78 is 53.7.